The highest BCUT2D eigenvalue weighted by Crippen LogP contribution is 2.21. The Balaban J connectivity index is 2.07. The fourth-order valence-electron chi connectivity index (χ4n) is 1.68. The predicted octanol–water partition coefficient (Wildman–Crippen LogP) is 3.03. The zero-order valence-electron chi connectivity index (χ0n) is 9.38. The number of thiophene rings is 1. The Bertz CT molecular complexity index is 774. The largest absolute Gasteiger partial charge is 0.291 e. The predicted molar refractivity (Wildman–Crippen MR) is 77.5 cm³/mol. The highest BCUT2D eigenvalue weighted by Gasteiger charge is 2.09. The van der Waals surface area contributed by atoms with Gasteiger partial charge in [0.05, 0.1) is 28.4 Å². The van der Waals surface area contributed by atoms with Gasteiger partial charge in [0, 0.05) is 0 Å². The molecule has 0 saturated carbocycles. The monoisotopic (exact) mass is 341 g/mol. The SMILES string of the molecule is Cc1csc2c(=O)n(Cc3ncc(Br)s3)cnc12. The first-order chi connectivity index (χ1) is 8.65. The van der Waals surface area contributed by atoms with Crippen molar-refractivity contribution >= 4 is 48.8 Å². The second-order valence-corrected chi connectivity index (χ2v) is 7.21. The van der Waals surface area contributed by atoms with Gasteiger partial charge in [0.25, 0.3) is 5.56 Å². The molecule has 4 nitrogen and oxygen atoms in total. The van der Waals surface area contributed by atoms with Crippen LogP contribution in [0.25, 0.3) is 10.2 Å². The van der Waals surface area contributed by atoms with E-state index in [1.807, 2.05) is 12.3 Å². The Kier molecular flexibility index (Phi) is 3.04. The number of hydrogen-bond donors (Lipinski definition) is 0. The molecule has 0 N–H and O–H groups in total. The van der Waals surface area contributed by atoms with Crippen molar-refractivity contribution < 1.29 is 0 Å². The Morgan fingerprint density at radius 2 is 2.28 bits per heavy atom. The molecule has 0 aliphatic rings. The van der Waals surface area contributed by atoms with E-state index in [0.717, 1.165) is 19.9 Å². The molecule has 3 heterocycles. The van der Waals surface area contributed by atoms with Crippen LogP contribution in [0.3, 0.4) is 0 Å². The number of nitrogens with zero attached hydrogens (tertiary/aromatic N) is 3. The molecule has 0 radical (unpaired) electrons. The molecule has 3 rings (SSSR count). The molecule has 3 aromatic rings. The van der Waals surface area contributed by atoms with E-state index in [1.54, 1.807) is 17.1 Å². The molecular formula is C11H8BrN3OS2. The zero-order valence-corrected chi connectivity index (χ0v) is 12.6. The van der Waals surface area contributed by atoms with Crippen molar-refractivity contribution in [1.82, 2.24) is 14.5 Å². The second kappa shape index (κ2) is 4.56. The van der Waals surface area contributed by atoms with Crippen molar-refractivity contribution in [2.45, 2.75) is 13.5 Å². The van der Waals surface area contributed by atoms with Gasteiger partial charge in [-0.1, -0.05) is 0 Å². The Labute approximate surface area is 119 Å². The third-order valence-corrected chi connectivity index (χ3v) is 5.09. The number of thiazole rings is 1. The van der Waals surface area contributed by atoms with E-state index in [9.17, 15) is 4.79 Å². The molecule has 0 unspecified atom stereocenters. The minimum absolute atomic E-state index is 0.00409. The van der Waals surface area contributed by atoms with E-state index >= 15 is 0 Å². The highest BCUT2D eigenvalue weighted by molar-refractivity contribution is 9.11. The number of aromatic nitrogens is 3. The summed E-state index contributed by atoms with van der Waals surface area (Å²) in [6, 6.07) is 0. The molecule has 0 aromatic carbocycles. The van der Waals surface area contributed by atoms with Crippen LogP contribution in [0.5, 0.6) is 0 Å². The maximum atomic E-state index is 12.3. The first kappa shape index (κ1) is 12.0. The standard InChI is InChI=1S/C11H8BrN3OS2/c1-6-4-17-10-9(6)14-5-15(11(10)16)3-8-13-2-7(12)18-8/h2,4-5H,3H2,1H3. The van der Waals surface area contributed by atoms with Gasteiger partial charge in [0.2, 0.25) is 0 Å². The van der Waals surface area contributed by atoms with Gasteiger partial charge >= 0.3 is 0 Å². The van der Waals surface area contributed by atoms with Crippen molar-refractivity contribution in [2.24, 2.45) is 0 Å². The molecule has 92 valence electrons. The molecule has 7 heteroatoms. The Morgan fingerprint density at radius 3 is 3.00 bits per heavy atom. The summed E-state index contributed by atoms with van der Waals surface area (Å²) in [5, 5.41) is 2.85. The normalized spacial score (nSPS) is 11.2. The summed E-state index contributed by atoms with van der Waals surface area (Å²) in [4.78, 5) is 20.8. The van der Waals surface area contributed by atoms with Crippen LogP contribution in [-0.4, -0.2) is 14.5 Å². The quantitative estimate of drug-likeness (QED) is 0.719. The van der Waals surface area contributed by atoms with E-state index in [2.05, 4.69) is 25.9 Å². The van der Waals surface area contributed by atoms with Gasteiger partial charge in [0.15, 0.2) is 0 Å². The van der Waals surface area contributed by atoms with Gasteiger partial charge in [-0.05, 0) is 33.8 Å². The summed E-state index contributed by atoms with van der Waals surface area (Å²) in [5.74, 6) is 0. The topological polar surface area (TPSA) is 47.8 Å². The number of fused-ring (bicyclic) bond motifs is 1. The summed E-state index contributed by atoms with van der Waals surface area (Å²) in [7, 11) is 0. The molecule has 3 aromatic heterocycles. The van der Waals surface area contributed by atoms with Crippen LogP contribution in [0.1, 0.15) is 10.6 Å². The lowest BCUT2D eigenvalue weighted by molar-refractivity contribution is 0.744. The first-order valence-corrected chi connectivity index (χ1v) is 7.67. The number of rotatable bonds is 2. The molecule has 0 spiro atoms. The van der Waals surface area contributed by atoms with E-state index < -0.39 is 0 Å². The van der Waals surface area contributed by atoms with Crippen molar-refractivity contribution in [3.63, 3.8) is 0 Å². The fourth-order valence-corrected chi connectivity index (χ4v) is 3.93. The van der Waals surface area contributed by atoms with Gasteiger partial charge < -0.3 is 0 Å². The Hall–Kier alpha value is -1.05. The summed E-state index contributed by atoms with van der Waals surface area (Å²) < 4.78 is 3.28. The molecule has 0 amide bonds. The third kappa shape index (κ3) is 2.02. The van der Waals surface area contributed by atoms with Crippen LogP contribution >= 0.6 is 38.6 Å². The third-order valence-electron chi connectivity index (χ3n) is 2.55. The van der Waals surface area contributed by atoms with E-state index in [0.29, 0.717) is 11.2 Å². The smallest absolute Gasteiger partial charge is 0.271 e. The average molecular weight is 342 g/mol. The zero-order chi connectivity index (χ0) is 12.7. The minimum atomic E-state index is 0.00409. The van der Waals surface area contributed by atoms with Crippen LogP contribution < -0.4 is 5.56 Å². The summed E-state index contributed by atoms with van der Waals surface area (Å²) in [6.45, 7) is 2.43. The lowest BCUT2D eigenvalue weighted by atomic mass is 10.3. The van der Waals surface area contributed by atoms with Gasteiger partial charge in [-0.3, -0.25) is 9.36 Å². The van der Waals surface area contributed by atoms with Gasteiger partial charge in [-0.2, -0.15) is 0 Å². The van der Waals surface area contributed by atoms with Gasteiger partial charge in [-0.25, -0.2) is 9.97 Å². The summed E-state index contributed by atoms with van der Waals surface area (Å²) in [5.41, 5.74) is 1.86. The van der Waals surface area contributed by atoms with Crippen LogP contribution in [-0.2, 0) is 6.54 Å². The van der Waals surface area contributed by atoms with Gasteiger partial charge in [-0.15, -0.1) is 22.7 Å². The molecule has 0 atom stereocenters. The molecular weight excluding hydrogens is 334 g/mol. The summed E-state index contributed by atoms with van der Waals surface area (Å²) in [6.07, 6.45) is 3.34. The van der Waals surface area contributed by atoms with Gasteiger partial charge in [0.1, 0.15) is 9.71 Å². The highest BCUT2D eigenvalue weighted by atomic mass is 79.9. The van der Waals surface area contributed by atoms with E-state index in [1.165, 1.54) is 22.7 Å². The minimum Gasteiger partial charge on any atom is -0.291 e. The molecule has 0 bridgehead atoms. The van der Waals surface area contributed by atoms with Crippen LogP contribution in [0.4, 0.5) is 0 Å². The van der Waals surface area contributed by atoms with Crippen molar-refractivity contribution in [3.05, 3.63) is 42.6 Å². The molecule has 0 fully saturated rings. The number of aryl methyl sites for hydroxylation is 1. The molecule has 0 saturated heterocycles. The van der Waals surface area contributed by atoms with Crippen molar-refractivity contribution in [1.29, 1.82) is 0 Å². The van der Waals surface area contributed by atoms with Crippen LogP contribution in [0.2, 0.25) is 0 Å². The fraction of sp³-hybridized carbons (Fsp3) is 0.182. The number of hydrogen-bond acceptors (Lipinski definition) is 5. The van der Waals surface area contributed by atoms with E-state index in [-0.39, 0.29) is 5.56 Å². The van der Waals surface area contributed by atoms with Crippen molar-refractivity contribution in [3.8, 4) is 0 Å². The maximum Gasteiger partial charge on any atom is 0.271 e. The van der Waals surface area contributed by atoms with E-state index in [4.69, 9.17) is 0 Å². The second-order valence-electron chi connectivity index (χ2n) is 3.83. The Morgan fingerprint density at radius 1 is 1.44 bits per heavy atom. The maximum absolute atomic E-state index is 12.3. The number of halogens is 1. The molecule has 0 aliphatic carbocycles. The first-order valence-electron chi connectivity index (χ1n) is 5.18. The molecule has 0 aliphatic heterocycles. The lowest BCUT2D eigenvalue weighted by Crippen LogP contribution is -2.20. The van der Waals surface area contributed by atoms with Crippen molar-refractivity contribution in [2.75, 3.05) is 0 Å². The van der Waals surface area contributed by atoms with Crippen LogP contribution in [0, 0.1) is 6.92 Å². The summed E-state index contributed by atoms with van der Waals surface area (Å²) >= 11 is 6.33. The lowest BCUT2D eigenvalue weighted by Gasteiger charge is -2.02. The average Bonchev–Trinajstić information content (AvgIpc) is 2.91. The molecule has 18 heavy (non-hydrogen) atoms. The van der Waals surface area contributed by atoms with Crippen LogP contribution in [0.15, 0.2) is 26.5 Å².